The molecule has 2 aromatic rings. The molecule has 0 saturated heterocycles. The van der Waals surface area contributed by atoms with Gasteiger partial charge in [-0.15, -0.1) is 0 Å². The van der Waals surface area contributed by atoms with Crippen molar-refractivity contribution >= 4 is 11.8 Å². The Morgan fingerprint density at radius 2 is 1.84 bits per heavy atom. The lowest BCUT2D eigenvalue weighted by molar-refractivity contribution is -0.132. The standard InChI is InChI=1S/C19H21FN2O3/c1-12-6-4-9-17(13(12)2)25-14(3)19(24)22-21-18(23)11-15-7-5-8-16(20)10-15/h4-10,14H,11H2,1-3H3,(H,21,23)(H,22,24). The van der Waals surface area contributed by atoms with Gasteiger partial charge in [-0.3, -0.25) is 20.4 Å². The molecule has 0 fully saturated rings. The fourth-order valence-electron chi connectivity index (χ4n) is 2.21. The second-order valence-corrected chi connectivity index (χ2v) is 5.80. The lowest BCUT2D eigenvalue weighted by Crippen LogP contribution is -2.47. The van der Waals surface area contributed by atoms with Crippen LogP contribution in [0.5, 0.6) is 5.75 Å². The number of halogens is 1. The summed E-state index contributed by atoms with van der Waals surface area (Å²) >= 11 is 0. The molecule has 1 atom stereocenters. The quantitative estimate of drug-likeness (QED) is 0.820. The third-order valence-electron chi connectivity index (χ3n) is 3.81. The molecular formula is C19H21FN2O3. The minimum Gasteiger partial charge on any atom is -0.481 e. The molecule has 0 aromatic heterocycles. The highest BCUT2D eigenvalue weighted by molar-refractivity contribution is 5.85. The summed E-state index contributed by atoms with van der Waals surface area (Å²) in [5.41, 5.74) is 7.16. The van der Waals surface area contributed by atoms with Crippen LogP contribution in [0.2, 0.25) is 0 Å². The van der Waals surface area contributed by atoms with E-state index in [1.807, 2.05) is 26.0 Å². The number of nitrogens with one attached hydrogen (secondary N) is 2. The van der Waals surface area contributed by atoms with E-state index >= 15 is 0 Å². The highest BCUT2D eigenvalue weighted by Crippen LogP contribution is 2.21. The van der Waals surface area contributed by atoms with Crippen molar-refractivity contribution in [2.24, 2.45) is 0 Å². The molecule has 0 aliphatic rings. The number of ether oxygens (including phenoxy) is 1. The summed E-state index contributed by atoms with van der Waals surface area (Å²) in [6.07, 6.45) is -0.820. The number of hydrazine groups is 1. The lowest BCUT2D eigenvalue weighted by Gasteiger charge is -2.17. The lowest BCUT2D eigenvalue weighted by atomic mass is 10.1. The van der Waals surface area contributed by atoms with Crippen LogP contribution in [0.1, 0.15) is 23.6 Å². The zero-order valence-electron chi connectivity index (χ0n) is 14.4. The van der Waals surface area contributed by atoms with Crippen molar-refractivity contribution in [2.45, 2.75) is 33.3 Å². The van der Waals surface area contributed by atoms with E-state index in [0.717, 1.165) is 11.1 Å². The van der Waals surface area contributed by atoms with Crippen LogP contribution in [0, 0.1) is 19.7 Å². The summed E-state index contributed by atoms with van der Waals surface area (Å²) in [6.45, 7) is 5.46. The molecule has 2 aromatic carbocycles. The number of amides is 2. The molecule has 1 unspecified atom stereocenters. The first-order valence-corrected chi connectivity index (χ1v) is 7.93. The number of benzene rings is 2. The highest BCUT2D eigenvalue weighted by Gasteiger charge is 2.16. The van der Waals surface area contributed by atoms with E-state index in [1.165, 1.54) is 18.2 Å². The van der Waals surface area contributed by atoms with Gasteiger partial charge in [0.05, 0.1) is 6.42 Å². The molecule has 0 heterocycles. The van der Waals surface area contributed by atoms with E-state index in [-0.39, 0.29) is 6.42 Å². The maximum absolute atomic E-state index is 13.1. The predicted octanol–water partition coefficient (Wildman–Crippen LogP) is 2.60. The Morgan fingerprint density at radius 3 is 2.56 bits per heavy atom. The second-order valence-electron chi connectivity index (χ2n) is 5.80. The van der Waals surface area contributed by atoms with Crippen molar-refractivity contribution in [3.63, 3.8) is 0 Å². The molecule has 6 heteroatoms. The fraction of sp³-hybridized carbons (Fsp3) is 0.263. The molecule has 2 N–H and O–H groups in total. The van der Waals surface area contributed by atoms with Gasteiger partial charge in [0.25, 0.3) is 5.91 Å². The van der Waals surface area contributed by atoms with Crippen LogP contribution in [0.25, 0.3) is 0 Å². The van der Waals surface area contributed by atoms with Gasteiger partial charge in [0, 0.05) is 0 Å². The van der Waals surface area contributed by atoms with Crippen LogP contribution in [-0.2, 0) is 16.0 Å². The van der Waals surface area contributed by atoms with E-state index in [4.69, 9.17) is 4.74 Å². The number of rotatable bonds is 5. The van der Waals surface area contributed by atoms with Crippen LogP contribution >= 0.6 is 0 Å². The molecule has 0 saturated carbocycles. The molecule has 25 heavy (non-hydrogen) atoms. The van der Waals surface area contributed by atoms with Crippen molar-refractivity contribution < 1.29 is 18.7 Å². The summed E-state index contributed by atoms with van der Waals surface area (Å²) in [5.74, 6) is -0.718. The van der Waals surface area contributed by atoms with Crippen molar-refractivity contribution in [1.29, 1.82) is 0 Å². The first-order valence-electron chi connectivity index (χ1n) is 7.93. The first-order chi connectivity index (χ1) is 11.9. The van der Waals surface area contributed by atoms with Crippen LogP contribution < -0.4 is 15.6 Å². The Balaban J connectivity index is 1.84. The zero-order valence-corrected chi connectivity index (χ0v) is 14.4. The normalized spacial score (nSPS) is 11.5. The van der Waals surface area contributed by atoms with Gasteiger partial charge in [-0.1, -0.05) is 24.3 Å². The zero-order chi connectivity index (χ0) is 18.4. The Kier molecular flexibility index (Phi) is 6.11. The van der Waals surface area contributed by atoms with Gasteiger partial charge in [-0.2, -0.15) is 0 Å². The van der Waals surface area contributed by atoms with Gasteiger partial charge in [-0.25, -0.2) is 4.39 Å². The Hall–Kier alpha value is -2.89. The van der Waals surface area contributed by atoms with Crippen LogP contribution in [0.15, 0.2) is 42.5 Å². The molecule has 2 amide bonds. The Bertz CT molecular complexity index is 777. The van der Waals surface area contributed by atoms with Gasteiger partial charge in [0.2, 0.25) is 5.91 Å². The summed E-state index contributed by atoms with van der Waals surface area (Å²) in [5, 5.41) is 0. The van der Waals surface area contributed by atoms with E-state index in [2.05, 4.69) is 10.9 Å². The minimum absolute atomic E-state index is 0.0374. The predicted molar refractivity (Wildman–Crippen MR) is 92.4 cm³/mol. The average molecular weight is 344 g/mol. The highest BCUT2D eigenvalue weighted by atomic mass is 19.1. The molecule has 0 aliphatic heterocycles. The molecule has 0 radical (unpaired) electrons. The Morgan fingerprint density at radius 1 is 1.12 bits per heavy atom. The van der Waals surface area contributed by atoms with Crippen molar-refractivity contribution in [2.75, 3.05) is 0 Å². The molecule has 0 aliphatic carbocycles. The Labute approximate surface area is 146 Å². The van der Waals surface area contributed by atoms with E-state index in [9.17, 15) is 14.0 Å². The van der Waals surface area contributed by atoms with E-state index in [1.54, 1.807) is 19.1 Å². The van der Waals surface area contributed by atoms with Crippen molar-refractivity contribution in [3.05, 3.63) is 65.0 Å². The van der Waals surface area contributed by atoms with Crippen LogP contribution in [0.3, 0.4) is 0 Å². The average Bonchev–Trinajstić information content (AvgIpc) is 2.56. The summed E-state index contributed by atoms with van der Waals surface area (Å²) in [4.78, 5) is 23.9. The monoisotopic (exact) mass is 344 g/mol. The number of carbonyl (C=O) groups is 2. The smallest absolute Gasteiger partial charge is 0.279 e. The van der Waals surface area contributed by atoms with Crippen molar-refractivity contribution in [3.8, 4) is 5.75 Å². The van der Waals surface area contributed by atoms with Gasteiger partial charge in [0.15, 0.2) is 6.10 Å². The van der Waals surface area contributed by atoms with E-state index in [0.29, 0.717) is 11.3 Å². The van der Waals surface area contributed by atoms with Gasteiger partial charge >= 0.3 is 0 Å². The maximum Gasteiger partial charge on any atom is 0.279 e. The first kappa shape index (κ1) is 18.4. The van der Waals surface area contributed by atoms with Crippen molar-refractivity contribution in [1.82, 2.24) is 10.9 Å². The molecule has 132 valence electrons. The van der Waals surface area contributed by atoms with Gasteiger partial charge in [0.1, 0.15) is 11.6 Å². The maximum atomic E-state index is 13.1. The number of hydrogen-bond donors (Lipinski definition) is 2. The molecule has 0 bridgehead atoms. The van der Waals surface area contributed by atoms with E-state index < -0.39 is 23.7 Å². The fourth-order valence-corrected chi connectivity index (χ4v) is 2.21. The third kappa shape index (κ3) is 5.31. The summed E-state index contributed by atoms with van der Waals surface area (Å²) < 4.78 is 18.7. The largest absolute Gasteiger partial charge is 0.481 e. The summed E-state index contributed by atoms with van der Waals surface area (Å²) in [6, 6.07) is 11.3. The molecular weight excluding hydrogens is 323 g/mol. The number of hydrogen-bond acceptors (Lipinski definition) is 3. The second kappa shape index (κ2) is 8.28. The molecule has 0 spiro atoms. The number of carbonyl (C=O) groups excluding carboxylic acids is 2. The topological polar surface area (TPSA) is 67.4 Å². The van der Waals surface area contributed by atoms with Gasteiger partial charge in [-0.05, 0) is 55.7 Å². The third-order valence-corrected chi connectivity index (χ3v) is 3.81. The SMILES string of the molecule is Cc1cccc(OC(C)C(=O)NNC(=O)Cc2cccc(F)c2)c1C. The van der Waals surface area contributed by atoms with Crippen LogP contribution in [-0.4, -0.2) is 17.9 Å². The molecule has 5 nitrogen and oxygen atoms in total. The number of aryl methyl sites for hydroxylation is 1. The summed E-state index contributed by atoms with van der Waals surface area (Å²) in [7, 11) is 0. The van der Waals surface area contributed by atoms with Crippen LogP contribution in [0.4, 0.5) is 4.39 Å². The minimum atomic E-state index is -0.782. The molecule has 2 rings (SSSR count). The van der Waals surface area contributed by atoms with Gasteiger partial charge < -0.3 is 4.74 Å².